The number of anilines is 1. The van der Waals surface area contributed by atoms with Crippen LogP contribution in [0, 0.1) is 17.4 Å². The van der Waals surface area contributed by atoms with Gasteiger partial charge < -0.3 is 4.74 Å². The molecule has 1 fully saturated rings. The van der Waals surface area contributed by atoms with Gasteiger partial charge in [-0.15, -0.1) is 0 Å². The van der Waals surface area contributed by atoms with Gasteiger partial charge in [-0.1, -0.05) is 23.8 Å². The molecule has 7 heteroatoms. The van der Waals surface area contributed by atoms with Crippen LogP contribution in [0.15, 0.2) is 42.0 Å². The Morgan fingerprint density at radius 1 is 1.18 bits per heavy atom. The molecule has 0 bridgehead atoms. The Kier molecular flexibility index (Phi) is 6.14. The average Bonchev–Trinajstić information content (AvgIpc) is 2.62. The summed E-state index contributed by atoms with van der Waals surface area (Å²) in [5, 5.41) is 2.70. The number of thiocarbonyl (C=S) groups is 1. The molecule has 0 aliphatic carbocycles. The molecular formula is C21H19IN2O3S. The van der Waals surface area contributed by atoms with Gasteiger partial charge in [0.25, 0.3) is 11.8 Å². The van der Waals surface area contributed by atoms with Gasteiger partial charge in [-0.25, -0.2) is 0 Å². The molecule has 0 radical (unpaired) electrons. The van der Waals surface area contributed by atoms with E-state index >= 15 is 0 Å². The summed E-state index contributed by atoms with van der Waals surface area (Å²) in [4.78, 5) is 26.9. The largest absolute Gasteiger partial charge is 0.493 e. The van der Waals surface area contributed by atoms with Crippen molar-refractivity contribution >= 4 is 63.5 Å². The van der Waals surface area contributed by atoms with Crippen LogP contribution in [0.5, 0.6) is 5.75 Å². The Hall–Kier alpha value is -2.26. The highest BCUT2D eigenvalue weighted by Gasteiger charge is 2.35. The number of nitrogens with one attached hydrogen (secondary N) is 1. The lowest BCUT2D eigenvalue weighted by Crippen LogP contribution is -2.54. The number of carbonyl (C=O) groups is 2. The zero-order chi connectivity index (χ0) is 20.4. The van der Waals surface area contributed by atoms with Crippen LogP contribution in [-0.2, 0) is 9.59 Å². The predicted octanol–water partition coefficient (Wildman–Crippen LogP) is 4.14. The van der Waals surface area contributed by atoms with E-state index in [-0.39, 0.29) is 10.7 Å². The third-order valence-corrected chi connectivity index (χ3v) is 5.39. The number of hydrogen-bond donors (Lipinski definition) is 1. The third kappa shape index (κ3) is 4.10. The van der Waals surface area contributed by atoms with Crippen LogP contribution in [0.2, 0.25) is 0 Å². The number of benzene rings is 2. The average molecular weight is 506 g/mol. The maximum absolute atomic E-state index is 13.1. The molecule has 28 heavy (non-hydrogen) atoms. The van der Waals surface area contributed by atoms with Gasteiger partial charge >= 0.3 is 0 Å². The van der Waals surface area contributed by atoms with Crippen LogP contribution < -0.4 is 15.0 Å². The number of nitrogens with zero attached hydrogens (tertiary/aromatic N) is 1. The van der Waals surface area contributed by atoms with Crippen LogP contribution in [-0.4, -0.2) is 23.5 Å². The first-order valence-electron chi connectivity index (χ1n) is 8.73. The van der Waals surface area contributed by atoms with Crippen LogP contribution >= 0.6 is 34.8 Å². The first-order chi connectivity index (χ1) is 13.3. The number of halogens is 1. The number of rotatable bonds is 4. The van der Waals surface area contributed by atoms with E-state index in [1.165, 1.54) is 4.90 Å². The Morgan fingerprint density at radius 2 is 1.93 bits per heavy atom. The van der Waals surface area contributed by atoms with Crippen LogP contribution in [0.1, 0.15) is 23.6 Å². The molecule has 1 N–H and O–H groups in total. The van der Waals surface area contributed by atoms with E-state index in [9.17, 15) is 9.59 Å². The molecule has 2 amide bonds. The molecule has 1 aliphatic rings. The second-order valence-corrected chi connectivity index (χ2v) is 7.92. The van der Waals surface area contributed by atoms with E-state index in [0.717, 1.165) is 26.0 Å². The van der Waals surface area contributed by atoms with Gasteiger partial charge in [-0.05, 0) is 91.0 Å². The first kappa shape index (κ1) is 20.5. The molecule has 1 saturated heterocycles. The molecule has 3 rings (SSSR count). The van der Waals surface area contributed by atoms with Gasteiger partial charge in [0, 0.05) is 0 Å². The molecule has 5 nitrogen and oxygen atoms in total. The Balaban J connectivity index is 2.00. The summed E-state index contributed by atoms with van der Waals surface area (Å²) in [5.41, 5.74) is 3.42. The summed E-state index contributed by atoms with van der Waals surface area (Å²) in [6, 6.07) is 11.2. The van der Waals surface area contributed by atoms with Gasteiger partial charge in [-0.3, -0.25) is 19.8 Å². The quantitative estimate of drug-likeness (QED) is 0.293. The van der Waals surface area contributed by atoms with E-state index in [1.54, 1.807) is 6.08 Å². The fraction of sp³-hybridized carbons (Fsp3) is 0.190. The second-order valence-electron chi connectivity index (χ2n) is 6.37. The monoisotopic (exact) mass is 506 g/mol. The number of ether oxygens (including phenoxy) is 1. The van der Waals surface area contributed by atoms with Crippen molar-refractivity contribution in [3.8, 4) is 5.75 Å². The fourth-order valence-corrected chi connectivity index (χ4v) is 3.95. The number of hydrogen-bond acceptors (Lipinski definition) is 4. The van der Waals surface area contributed by atoms with E-state index < -0.39 is 11.8 Å². The summed E-state index contributed by atoms with van der Waals surface area (Å²) >= 11 is 7.44. The zero-order valence-corrected chi connectivity index (χ0v) is 18.7. The molecule has 2 aromatic rings. The van der Waals surface area contributed by atoms with Gasteiger partial charge in [0.1, 0.15) is 11.3 Å². The highest BCUT2D eigenvalue weighted by molar-refractivity contribution is 14.1. The Bertz CT molecular complexity index is 1020. The van der Waals surface area contributed by atoms with Crippen molar-refractivity contribution in [3.05, 3.63) is 62.2 Å². The molecule has 1 heterocycles. The summed E-state index contributed by atoms with van der Waals surface area (Å²) < 4.78 is 6.44. The minimum absolute atomic E-state index is 0.0357. The molecule has 0 saturated carbocycles. The van der Waals surface area contributed by atoms with Crippen molar-refractivity contribution in [1.82, 2.24) is 5.32 Å². The van der Waals surface area contributed by atoms with E-state index in [4.69, 9.17) is 17.0 Å². The lowest BCUT2D eigenvalue weighted by atomic mass is 10.0. The topological polar surface area (TPSA) is 58.6 Å². The minimum atomic E-state index is -0.500. The highest BCUT2D eigenvalue weighted by Crippen LogP contribution is 2.27. The summed E-state index contributed by atoms with van der Waals surface area (Å²) in [5.74, 6) is -0.174. The Morgan fingerprint density at radius 3 is 2.57 bits per heavy atom. The first-order valence-corrected chi connectivity index (χ1v) is 10.2. The van der Waals surface area contributed by atoms with Crippen molar-refractivity contribution in [1.29, 1.82) is 0 Å². The summed E-state index contributed by atoms with van der Waals surface area (Å²) in [6.07, 6.45) is 1.58. The van der Waals surface area contributed by atoms with Crippen LogP contribution in [0.4, 0.5) is 5.69 Å². The van der Waals surface area contributed by atoms with Gasteiger partial charge in [0.15, 0.2) is 5.11 Å². The van der Waals surface area contributed by atoms with Gasteiger partial charge in [0.2, 0.25) is 0 Å². The fourth-order valence-electron chi connectivity index (χ4n) is 2.98. The molecule has 0 spiro atoms. The lowest BCUT2D eigenvalue weighted by molar-refractivity contribution is -0.122. The lowest BCUT2D eigenvalue weighted by Gasteiger charge is -2.30. The van der Waals surface area contributed by atoms with Gasteiger partial charge in [0.05, 0.1) is 15.9 Å². The normalized spacial score (nSPS) is 15.8. The third-order valence-electron chi connectivity index (χ3n) is 4.26. The summed E-state index contributed by atoms with van der Waals surface area (Å²) in [7, 11) is 0. The molecule has 2 aromatic carbocycles. The number of aryl methyl sites for hydroxylation is 2. The van der Waals surface area contributed by atoms with Crippen molar-refractivity contribution in [3.63, 3.8) is 0 Å². The molecule has 0 atom stereocenters. The maximum Gasteiger partial charge on any atom is 0.270 e. The van der Waals surface area contributed by atoms with E-state index in [1.807, 2.05) is 57.2 Å². The maximum atomic E-state index is 13.1. The smallest absolute Gasteiger partial charge is 0.270 e. The predicted molar refractivity (Wildman–Crippen MR) is 122 cm³/mol. The van der Waals surface area contributed by atoms with Crippen molar-refractivity contribution in [2.24, 2.45) is 0 Å². The van der Waals surface area contributed by atoms with Crippen molar-refractivity contribution in [2.75, 3.05) is 11.5 Å². The van der Waals surface area contributed by atoms with E-state index in [2.05, 4.69) is 27.9 Å². The zero-order valence-electron chi connectivity index (χ0n) is 15.7. The minimum Gasteiger partial charge on any atom is -0.493 e. The molecule has 1 aliphatic heterocycles. The van der Waals surface area contributed by atoms with Crippen molar-refractivity contribution < 1.29 is 14.3 Å². The SMILES string of the molecule is CCOc1ccc(/C=C2\C(=O)NC(=S)N(c3ccc(C)cc3C)C2=O)cc1I. The van der Waals surface area contributed by atoms with E-state index in [0.29, 0.717) is 12.3 Å². The highest BCUT2D eigenvalue weighted by atomic mass is 127. The number of carbonyl (C=O) groups excluding carboxylic acids is 2. The standard InChI is InChI=1S/C21H19IN2O3S/c1-4-27-18-8-6-14(11-16(18)22)10-15-19(25)23-21(28)24(20(15)26)17-7-5-12(2)9-13(17)3/h5-11H,4H2,1-3H3,(H,23,25,28)/b15-10+. The second kappa shape index (κ2) is 8.40. The molecular weight excluding hydrogens is 487 g/mol. The molecule has 0 aromatic heterocycles. The van der Waals surface area contributed by atoms with Crippen LogP contribution in [0.25, 0.3) is 6.08 Å². The molecule has 144 valence electrons. The summed E-state index contributed by atoms with van der Waals surface area (Å²) in [6.45, 7) is 6.38. The number of amides is 2. The van der Waals surface area contributed by atoms with Crippen molar-refractivity contribution in [2.45, 2.75) is 20.8 Å². The Labute approximate surface area is 182 Å². The molecule has 0 unspecified atom stereocenters. The van der Waals surface area contributed by atoms with Gasteiger partial charge in [-0.2, -0.15) is 0 Å². The van der Waals surface area contributed by atoms with Crippen LogP contribution in [0.3, 0.4) is 0 Å².